The van der Waals surface area contributed by atoms with Gasteiger partial charge in [0.1, 0.15) is 0 Å². The van der Waals surface area contributed by atoms with Crippen LogP contribution in [0.2, 0.25) is 0 Å². The molecule has 24 nitrogen and oxygen atoms in total. The molecule has 0 aromatic heterocycles. The monoisotopic (exact) mass is 627 g/mol. The van der Waals surface area contributed by atoms with Crippen molar-refractivity contribution in [2.75, 3.05) is 0 Å². The molecule has 0 N–H and O–H groups in total. The van der Waals surface area contributed by atoms with Crippen LogP contribution in [0.4, 0.5) is 0 Å². The fourth-order valence-electron chi connectivity index (χ4n) is 0. The van der Waals surface area contributed by atoms with Gasteiger partial charge in [-0.1, -0.05) is 0 Å². The summed E-state index contributed by atoms with van der Waals surface area (Å²) in [5.74, 6) is 0. The molecule has 0 aromatic rings. The van der Waals surface area contributed by atoms with Gasteiger partial charge in [0.2, 0.25) is 0 Å². The first-order valence-corrected chi connectivity index (χ1v) is 3.29. The van der Waals surface area contributed by atoms with E-state index in [1.165, 1.54) is 0 Å². The number of hydrogen-bond donors (Lipinski definition) is 0. The van der Waals surface area contributed by atoms with Crippen LogP contribution in [0.5, 0.6) is 0 Å². The second kappa shape index (κ2) is 43.3. The van der Waals surface area contributed by atoms with E-state index in [1.807, 2.05) is 0 Å². The molecule has 0 aliphatic carbocycles. The van der Waals surface area contributed by atoms with Crippen LogP contribution in [-0.2, 0) is 0 Å². The first-order chi connectivity index (χ1) is 10.4. The second-order valence-corrected chi connectivity index (χ2v) is 1.34. The predicted octanol–water partition coefficient (Wildman–Crippen LogP) is -1.82. The van der Waals surface area contributed by atoms with Crippen LogP contribution in [0.25, 0.3) is 0 Å². The Kier molecular flexibility index (Phi) is 82.4. The van der Waals surface area contributed by atoms with Gasteiger partial charge in [-0.15, -0.1) is 0 Å². The molecule has 26 heteroatoms. The molecule has 0 aromatic carbocycles. The zero-order valence-corrected chi connectivity index (χ0v) is 17.5. The number of hydrogen-bond acceptors (Lipinski definition) is 18. The first-order valence-electron chi connectivity index (χ1n) is 3.29. The Morgan fingerprint density at radius 1 is 0.308 bits per heavy atom. The Morgan fingerprint density at radius 3 is 0.308 bits per heavy atom. The summed E-state index contributed by atoms with van der Waals surface area (Å²) in [6.45, 7) is 0. The first kappa shape index (κ1) is 49.5. The summed E-state index contributed by atoms with van der Waals surface area (Å²) in [4.78, 5) is 49.5. The van der Waals surface area contributed by atoms with Gasteiger partial charge in [0.05, 0.1) is 30.5 Å². The third-order valence-corrected chi connectivity index (χ3v) is 0. The van der Waals surface area contributed by atoms with Gasteiger partial charge in [0, 0.05) is 0 Å². The Balaban J connectivity index is -0.0000000245. The summed E-state index contributed by atoms with van der Waals surface area (Å²) in [5, 5.41) is 88.5. The third-order valence-electron chi connectivity index (χ3n) is 0. The van der Waals surface area contributed by atoms with Gasteiger partial charge < -0.3 is 91.9 Å². The van der Waals surface area contributed by atoms with E-state index in [4.69, 9.17) is 91.9 Å². The van der Waals surface area contributed by atoms with Gasteiger partial charge in [-0.3, -0.25) is 0 Å². The molecule has 0 aliphatic rings. The fourth-order valence-corrected chi connectivity index (χ4v) is 0. The van der Waals surface area contributed by atoms with Crippen molar-refractivity contribution in [1.29, 1.82) is 0 Å². The minimum atomic E-state index is -1.75. The zero-order valence-electron chi connectivity index (χ0n) is 11.1. The molecule has 0 heterocycles. The molecule has 0 aliphatic heterocycles. The predicted molar refractivity (Wildman–Crippen MR) is 67.9 cm³/mol. The van der Waals surface area contributed by atoms with Crippen LogP contribution < -0.4 is 0 Å². The minimum Gasteiger partial charge on any atom is -0.356 e. The maximum atomic E-state index is 8.25. The SMILES string of the molecule is O=[N+]([O-])[O-].O=[N+]([O-])[O-].O=[N+]([O-])[O-].O=[N+]([O-])[O-].O=[N+]([O-])[O-].O=[N+]([O-])[O-].[Ce+3].[In+3]. The third kappa shape index (κ3) is 1380. The summed E-state index contributed by atoms with van der Waals surface area (Å²) in [7, 11) is 0. The molecule has 1 radical (unpaired) electrons. The Labute approximate surface area is 189 Å². The van der Waals surface area contributed by atoms with E-state index in [1.54, 1.807) is 0 Å². The molecule has 0 atom stereocenters. The van der Waals surface area contributed by atoms with Gasteiger partial charge in [-0.05, 0) is 0 Å². The summed E-state index contributed by atoms with van der Waals surface area (Å²) in [5.41, 5.74) is 0. The molecule has 145 valence electrons. The minimum absolute atomic E-state index is 0. The van der Waals surface area contributed by atoms with E-state index in [-0.39, 0.29) is 67.6 Å². The molecule has 0 bridgehead atoms. The summed E-state index contributed by atoms with van der Waals surface area (Å²) in [6, 6.07) is 0. The van der Waals surface area contributed by atoms with Crippen molar-refractivity contribution in [2.24, 2.45) is 0 Å². The van der Waals surface area contributed by atoms with Crippen LogP contribution in [0.15, 0.2) is 0 Å². The van der Waals surface area contributed by atoms with Crippen LogP contribution in [0.3, 0.4) is 0 Å². The van der Waals surface area contributed by atoms with Crippen LogP contribution >= 0.6 is 0 Å². The van der Waals surface area contributed by atoms with Crippen molar-refractivity contribution in [3.63, 3.8) is 0 Å². The van der Waals surface area contributed by atoms with E-state index < -0.39 is 30.5 Å². The summed E-state index contributed by atoms with van der Waals surface area (Å²) >= 11 is 0. The molecular formula is CeInN6O18. The standard InChI is InChI=1S/Ce.In.6NO3/c;;6*2-1(3)4/q2*+3;6*-1. The van der Waals surface area contributed by atoms with Crippen LogP contribution in [0, 0.1) is 134 Å². The van der Waals surface area contributed by atoms with Gasteiger partial charge in [-0.2, -0.15) is 0 Å². The molecule has 0 fully saturated rings. The fraction of sp³-hybridized carbons (Fsp3) is 0. The summed E-state index contributed by atoms with van der Waals surface area (Å²) < 4.78 is 0. The molecule has 0 amide bonds. The van der Waals surface area contributed by atoms with Gasteiger partial charge in [0.25, 0.3) is 0 Å². The van der Waals surface area contributed by atoms with E-state index in [2.05, 4.69) is 0 Å². The zero-order chi connectivity index (χ0) is 21.5. The molecule has 0 spiro atoms. The molecule has 0 saturated carbocycles. The van der Waals surface area contributed by atoms with Gasteiger partial charge in [-0.25, -0.2) is 0 Å². The largest absolute Gasteiger partial charge is 3.00 e. The van der Waals surface area contributed by atoms with Gasteiger partial charge in [0.15, 0.2) is 0 Å². The maximum Gasteiger partial charge on any atom is 3.00 e. The van der Waals surface area contributed by atoms with Crippen molar-refractivity contribution in [3.8, 4) is 0 Å². The molecular weight excluding hydrogens is 627 g/mol. The van der Waals surface area contributed by atoms with Gasteiger partial charge >= 0.3 is 67.6 Å². The average molecular weight is 627 g/mol. The molecule has 26 heavy (non-hydrogen) atoms. The van der Waals surface area contributed by atoms with Crippen molar-refractivity contribution in [3.05, 3.63) is 91.9 Å². The maximum absolute atomic E-state index is 8.25. The Morgan fingerprint density at radius 2 is 0.308 bits per heavy atom. The van der Waals surface area contributed by atoms with Crippen LogP contribution in [-0.4, -0.2) is 56.4 Å². The van der Waals surface area contributed by atoms with E-state index in [9.17, 15) is 0 Å². The van der Waals surface area contributed by atoms with E-state index in [0.29, 0.717) is 0 Å². The smallest absolute Gasteiger partial charge is 0.356 e. The van der Waals surface area contributed by atoms with E-state index in [0.717, 1.165) is 0 Å². The molecule has 0 rings (SSSR count). The van der Waals surface area contributed by atoms with Crippen molar-refractivity contribution in [2.45, 2.75) is 0 Å². The van der Waals surface area contributed by atoms with E-state index >= 15 is 0 Å². The van der Waals surface area contributed by atoms with Crippen molar-refractivity contribution in [1.82, 2.24) is 0 Å². The van der Waals surface area contributed by atoms with Crippen LogP contribution in [0.1, 0.15) is 0 Å². The Hall–Kier alpha value is -2.55. The Bertz CT molecular complexity index is 263. The molecule has 0 saturated heterocycles. The number of nitrogens with zero attached hydrogens (tertiary/aromatic N) is 6. The topological polar surface area (TPSA) is 397 Å². The number of rotatable bonds is 0. The van der Waals surface area contributed by atoms with Crippen molar-refractivity contribution >= 4 is 25.8 Å². The normalized spacial score (nSPS) is 5.54. The quantitative estimate of drug-likeness (QED) is 0.211. The molecule has 0 unspecified atom stereocenters. The average Bonchev–Trinajstić information content (AvgIpc) is 2.08. The summed E-state index contributed by atoms with van der Waals surface area (Å²) in [6.07, 6.45) is 0. The second-order valence-electron chi connectivity index (χ2n) is 1.34. The van der Waals surface area contributed by atoms with Crippen molar-refractivity contribution < 1.29 is 72.3 Å².